The van der Waals surface area contributed by atoms with Crippen LogP contribution in [0, 0.1) is 0 Å². The molecular formula is C26H30N6O2. The van der Waals surface area contributed by atoms with Crippen LogP contribution in [0.3, 0.4) is 0 Å². The normalized spacial score (nSPS) is 12.1. The van der Waals surface area contributed by atoms with Crippen LogP contribution >= 0.6 is 0 Å². The summed E-state index contributed by atoms with van der Waals surface area (Å²) in [4.78, 5) is 22.4. The zero-order valence-electron chi connectivity index (χ0n) is 20.0. The first-order valence-electron chi connectivity index (χ1n) is 11.3. The highest BCUT2D eigenvalue weighted by atomic mass is 16.5. The highest BCUT2D eigenvalue weighted by Crippen LogP contribution is 2.28. The molecule has 0 aliphatic carbocycles. The van der Waals surface area contributed by atoms with Gasteiger partial charge in [-0.05, 0) is 35.1 Å². The quantitative estimate of drug-likeness (QED) is 0.320. The molecule has 8 heteroatoms. The average molecular weight is 459 g/mol. The molecule has 0 saturated carbocycles. The third kappa shape index (κ3) is 4.77. The number of para-hydroxylation sites is 2. The van der Waals surface area contributed by atoms with Gasteiger partial charge in [0.1, 0.15) is 16.9 Å². The zero-order valence-corrected chi connectivity index (χ0v) is 20.0. The molecule has 2 aromatic heterocycles. The molecule has 0 aliphatic rings. The fourth-order valence-corrected chi connectivity index (χ4v) is 3.69. The molecule has 34 heavy (non-hydrogen) atoms. The van der Waals surface area contributed by atoms with E-state index < -0.39 is 0 Å². The lowest BCUT2D eigenvalue weighted by Gasteiger charge is -2.18. The number of nitrogens with one attached hydrogen (secondary N) is 1. The summed E-state index contributed by atoms with van der Waals surface area (Å²) >= 11 is 0. The van der Waals surface area contributed by atoms with Gasteiger partial charge < -0.3 is 15.8 Å². The number of amides is 1. The molecule has 0 saturated heterocycles. The van der Waals surface area contributed by atoms with E-state index in [2.05, 4.69) is 43.3 Å². The Morgan fingerprint density at radius 2 is 1.79 bits per heavy atom. The lowest BCUT2D eigenvalue weighted by molar-refractivity contribution is 0.0951. The Balaban J connectivity index is 1.76. The number of anilines is 1. The minimum absolute atomic E-state index is 0.0683. The fraction of sp³-hybridized carbons (Fsp3) is 0.308. The van der Waals surface area contributed by atoms with Gasteiger partial charge >= 0.3 is 0 Å². The molecule has 4 rings (SSSR count). The van der Waals surface area contributed by atoms with E-state index in [4.69, 9.17) is 20.4 Å². The molecular weight excluding hydrogens is 428 g/mol. The average Bonchev–Trinajstić information content (AvgIpc) is 3.08. The number of carbonyl (C=O) groups is 1. The van der Waals surface area contributed by atoms with Crippen LogP contribution in [0.2, 0.25) is 0 Å². The molecule has 0 unspecified atom stereocenters. The van der Waals surface area contributed by atoms with Crippen molar-refractivity contribution in [2.45, 2.75) is 32.6 Å². The van der Waals surface area contributed by atoms with E-state index in [9.17, 15) is 4.79 Å². The molecule has 2 aromatic carbocycles. The first-order chi connectivity index (χ1) is 16.3. The fourth-order valence-electron chi connectivity index (χ4n) is 3.69. The third-order valence-corrected chi connectivity index (χ3v) is 5.61. The standard InChI is InChI=1S/C26H30N6O2/c1-26(2,3)18-12-10-17(11-13-18)16-29-32-23(27)21(25(33)28-14-7-15-34-4)22-24(32)31-20-9-6-5-8-19(20)30-22/h5-6,8-13,16H,7,14-15,27H2,1-4H3,(H,28,33)/b29-16+. The number of methoxy groups -OCH3 is 1. The van der Waals surface area contributed by atoms with Crippen molar-refractivity contribution in [1.82, 2.24) is 20.0 Å². The first-order valence-corrected chi connectivity index (χ1v) is 11.3. The van der Waals surface area contributed by atoms with Crippen LogP contribution in [0.5, 0.6) is 0 Å². The number of carbonyl (C=O) groups excluding carboxylic acids is 1. The largest absolute Gasteiger partial charge is 0.385 e. The monoisotopic (exact) mass is 458 g/mol. The summed E-state index contributed by atoms with van der Waals surface area (Å²) in [6, 6.07) is 15.7. The third-order valence-electron chi connectivity index (χ3n) is 5.61. The van der Waals surface area contributed by atoms with Crippen molar-refractivity contribution in [1.29, 1.82) is 0 Å². The van der Waals surface area contributed by atoms with Gasteiger partial charge in [-0.25, -0.2) is 9.97 Å². The van der Waals surface area contributed by atoms with Crippen molar-refractivity contribution in [2.75, 3.05) is 26.0 Å². The summed E-state index contributed by atoms with van der Waals surface area (Å²) in [6.45, 7) is 7.54. The maximum atomic E-state index is 13.0. The van der Waals surface area contributed by atoms with Gasteiger partial charge in [0.05, 0.1) is 17.2 Å². The van der Waals surface area contributed by atoms with E-state index in [1.165, 1.54) is 10.2 Å². The van der Waals surface area contributed by atoms with Gasteiger partial charge in [-0.3, -0.25) is 4.79 Å². The van der Waals surface area contributed by atoms with Gasteiger partial charge in [-0.1, -0.05) is 57.2 Å². The number of nitrogen functional groups attached to an aromatic ring is 1. The van der Waals surface area contributed by atoms with Crippen LogP contribution in [0.1, 0.15) is 48.7 Å². The molecule has 2 heterocycles. The van der Waals surface area contributed by atoms with Crippen molar-refractivity contribution < 1.29 is 9.53 Å². The minimum atomic E-state index is -0.313. The number of ether oxygens (including phenoxy) is 1. The Morgan fingerprint density at radius 1 is 1.12 bits per heavy atom. The van der Waals surface area contributed by atoms with Crippen LogP contribution in [-0.2, 0) is 10.2 Å². The Morgan fingerprint density at radius 3 is 2.44 bits per heavy atom. The number of nitrogens with zero attached hydrogens (tertiary/aromatic N) is 4. The van der Waals surface area contributed by atoms with E-state index in [0.29, 0.717) is 41.8 Å². The summed E-state index contributed by atoms with van der Waals surface area (Å²) in [6.07, 6.45) is 2.40. The molecule has 0 radical (unpaired) electrons. The van der Waals surface area contributed by atoms with Gasteiger partial charge in [0.15, 0.2) is 5.65 Å². The van der Waals surface area contributed by atoms with Gasteiger partial charge in [0.25, 0.3) is 5.91 Å². The highest BCUT2D eigenvalue weighted by molar-refractivity contribution is 6.10. The molecule has 0 fully saturated rings. The van der Waals surface area contributed by atoms with Crippen molar-refractivity contribution in [3.8, 4) is 0 Å². The summed E-state index contributed by atoms with van der Waals surface area (Å²) < 4.78 is 6.54. The van der Waals surface area contributed by atoms with Crippen LogP contribution < -0.4 is 11.1 Å². The van der Waals surface area contributed by atoms with Gasteiger partial charge in [0.2, 0.25) is 0 Å². The van der Waals surface area contributed by atoms with Crippen molar-refractivity contribution in [2.24, 2.45) is 5.10 Å². The molecule has 0 spiro atoms. The summed E-state index contributed by atoms with van der Waals surface area (Å²) in [5.41, 5.74) is 11.2. The smallest absolute Gasteiger partial charge is 0.257 e. The van der Waals surface area contributed by atoms with Crippen LogP contribution in [0.4, 0.5) is 5.82 Å². The van der Waals surface area contributed by atoms with Crippen LogP contribution in [0.25, 0.3) is 22.2 Å². The first kappa shape index (κ1) is 23.4. The zero-order chi connectivity index (χ0) is 24.3. The van der Waals surface area contributed by atoms with E-state index in [1.54, 1.807) is 13.3 Å². The second-order valence-electron chi connectivity index (χ2n) is 9.18. The Kier molecular flexibility index (Phi) is 6.61. The second kappa shape index (κ2) is 9.61. The van der Waals surface area contributed by atoms with E-state index in [0.717, 1.165) is 5.56 Å². The predicted octanol–water partition coefficient (Wildman–Crippen LogP) is 4.11. The molecule has 176 valence electrons. The number of rotatable bonds is 7. The van der Waals surface area contributed by atoms with Gasteiger partial charge in [0, 0.05) is 20.3 Å². The Hall–Kier alpha value is -3.78. The van der Waals surface area contributed by atoms with E-state index in [-0.39, 0.29) is 22.7 Å². The SMILES string of the molecule is COCCCNC(=O)c1c(N)n(/N=C/c2ccc(C(C)(C)C)cc2)c2nc3ccccc3nc12. The van der Waals surface area contributed by atoms with E-state index >= 15 is 0 Å². The molecule has 3 N–H and O–H groups in total. The maximum Gasteiger partial charge on any atom is 0.257 e. The molecule has 1 amide bonds. The molecule has 0 atom stereocenters. The number of fused-ring (bicyclic) bond motifs is 2. The minimum Gasteiger partial charge on any atom is -0.385 e. The van der Waals surface area contributed by atoms with Crippen molar-refractivity contribution in [3.63, 3.8) is 0 Å². The number of hydrogen-bond donors (Lipinski definition) is 2. The lowest BCUT2D eigenvalue weighted by Crippen LogP contribution is -2.26. The predicted molar refractivity (Wildman–Crippen MR) is 136 cm³/mol. The number of hydrogen-bond acceptors (Lipinski definition) is 6. The van der Waals surface area contributed by atoms with Gasteiger partial charge in [-0.2, -0.15) is 9.78 Å². The maximum absolute atomic E-state index is 13.0. The summed E-state index contributed by atoms with van der Waals surface area (Å²) in [5.74, 6) is -0.122. The van der Waals surface area contributed by atoms with Crippen molar-refractivity contribution >= 4 is 40.1 Å². The summed E-state index contributed by atoms with van der Waals surface area (Å²) in [7, 11) is 1.63. The molecule has 4 aromatic rings. The topological polar surface area (TPSA) is 107 Å². The second-order valence-corrected chi connectivity index (χ2v) is 9.18. The van der Waals surface area contributed by atoms with Crippen LogP contribution in [-0.4, -0.2) is 47.0 Å². The van der Waals surface area contributed by atoms with Crippen molar-refractivity contribution in [3.05, 3.63) is 65.2 Å². The lowest BCUT2D eigenvalue weighted by atomic mass is 9.87. The number of nitrogens with two attached hydrogens (primary N) is 1. The Labute approximate surface area is 198 Å². The van der Waals surface area contributed by atoms with E-state index in [1.807, 2.05) is 36.4 Å². The number of aromatic nitrogens is 3. The Bertz CT molecular complexity index is 1350. The number of benzene rings is 2. The molecule has 0 aliphatic heterocycles. The molecule has 8 nitrogen and oxygen atoms in total. The highest BCUT2D eigenvalue weighted by Gasteiger charge is 2.24. The van der Waals surface area contributed by atoms with Gasteiger partial charge in [-0.15, -0.1) is 0 Å². The molecule has 0 bridgehead atoms. The van der Waals surface area contributed by atoms with Crippen LogP contribution in [0.15, 0.2) is 53.6 Å². The summed E-state index contributed by atoms with van der Waals surface area (Å²) in [5, 5.41) is 7.47.